The van der Waals surface area contributed by atoms with Gasteiger partial charge in [0.05, 0.1) is 28.3 Å². The predicted octanol–water partition coefficient (Wildman–Crippen LogP) is 6.10. The Balaban J connectivity index is 1.81. The van der Waals surface area contributed by atoms with Crippen molar-refractivity contribution in [3.05, 3.63) is 87.1 Å². The van der Waals surface area contributed by atoms with Gasteiger partial charge in [-0.15, -0.1) is 0 Å². The van der Waals surface area contributed by atoms with Crippen LogP contribution in [0, 0.1) is 11.3 Å². The summed E-state index contributed by atoms with van der Waals surface area (Å²) in [4.78, 5) is 25.8. The summed E-state index contributed by atoms with van der Waals surface area (Å²) < 4.78 is 0. The topological polar surface area (TPSA) is 94.0 Å². The SMILES string of the molecule is CCCCCCNC(=O)CSC1=C(C#N)C(c2ccccc2)C(C(=O)Nc2ccc(Cl)cc2)=C(C)N1. The highest BCUT2D eigenvalue weighted by molar-refractivity contribution is 8.03. The number of benzene rings is 2. The Bertz CT molecular complexity index is 1170. The van der Waals surface area contributed by atoms with Crippen LogP contribution >= 0.6 is 23.4 Å². The van der Waals surface area contributed by atoms with Gasteiger partial charge in [-0.2, -0.15) is 5.26 Å². The van der Waals surface area contributed by atoms with Crippen molar-refractivity contribution in [3.63, 3.8) is 0 Å². The smallest absolute Gasteiger partial charge is 0.254 e. The fourth-order valence-electron chi connectivity index (χ4n) is 4.01. The summed E-state index contributed by atoms with van der Waals surface area (Å²) in [5.41, 5.74) is 2.94. The van der Waals surface area contributed by atoms with Gasteiger partial charge in [0.1, 0.15) is 0 Å². The van der Waals surface area contributed by atoms with E-state index in [0.717, 1.165) is 31.2 Å². The largest absolute Gasteiger partial charge is 0.355 e. The van der Waals surface area contributed by atoms with E-state index < -0.39 is 5.92 Å². The second kappa shape index (κ2) is 13.8. The fourth-order valence-corrected chi connectivity index (χ4v) is 5.05. The maximum atomic E-state index is 13.4. The highest BCUT2D eigenvalue weighted by Gasteiger charge is 2.34. The van der Waals surface area contributed by atoms with Crippen LogP contribution in [-0.2, 0) is 9.59 Å². The molecule has 0 radical (unpaired) electrons. The Labute approximate surface area is 222 Å². The molecule has 3 N–H and O–H groups in total. The molecule has 1 atom stereocenters. The predicted molar refractivity (Wildman–Crippen MR) is 147 cm³/mol. The lowest BCUT2D eigenvalue weighted by Crippen LogP contribution is -2.31. The zero-order valence-electron chi connectivity index (χ0n) is 20.6. The van der Waals surface area contributed by atoms with Crippen LogP contribution in [0.2, 0.25) is 5.02 Å². The quantitative estimate of drug-likeness (QED) is 0.310. The molecule has 2 aromatic rings. The van der Waals surface area contributed by atoms with Gasteiger partial charge in [0.2, 0.25) is 5.91 Å². The number of halogens is 1. The molecule has 0 spiro atoms. The summed E-state index contributed by atoms with van der Waals surface area (Å²) in [6, 6.07) is 18.6. The Hall–Kier alpha value is -3.21. The third-order valence-corrected chi connectivity index (χ3v) is 7.10. The number of hydrogen-bond acceptors (Lipinski definition) is 5. The number of unbranched alkanes of at least 4 members (excludes halogenated alkanes) is 3. The molecule has 1 heterocycles. The number of rotatable bonds is 11. The average molecular weight is 523 g/mol. The van der Waals surface area contributed by atoms with Crippen LogP contribution in [0.3, 0.4) is 0 Å². The molecule has 2 aromatic carbocycles. The molecule has 2 amide bonds. The minimum absolute atomic E-state index is 0.0766. The first kappa shape index (κ1) is 27.4. The minimum Gasteiger partial charge on any atom is -0.355 e. The van der Waals surface area contributed by atoms with Gasteiger partial charge in [-0.05, 0) is 43.2 Å². The minimum atomic E-state index is -0.565. The van der Waals surface area contributed by atoms with Gasteiger partial charge in [-0.25, -0.2) is 0 Å². The van der Waals surface area contributed by atoms with Gasteiger partial charge in [0.15, 0.2) is 0 Å². The van der Waals surface area contributed by atoms with E-state index in [-0.39, 0.29) is 17.6 Å². The average Bonchev–Trinajstić information content (AvgIpc) is 2.88. The van der Waals surface area contributed by atoms with E-state index in [1.807, 2.05) is 37.3 Å². The summed E-state index contributed by atoms with van der Waals surface area (Å²) in [7, 11) is 0. The number of anilines is 1. The van der Waals surface area contributed by atoms with Gasteiger partial charge in [-0.1, -0.05) is 79.9 Å². The highest BCUT2D eigenvalue weighted by Crippen LogP contribution is 2.40. The number of nitrogens with zero attached hydrogens (tertiary/aromatic N) is 1. The molecule has 1 aliphatic rings. The normalized spacial score (nSPS) is 15.2. The van der Waals surface area contributed by atoms with Crippen molar-refractivity contribution in [2.45, 2.75) is 45.4 Å². The molecule has 0 aromatic heterocycles. The molecule has 188 valence electrons. The molecule has 0 saturated carbocycles. The number of carbonyl (C=O) groups excluding carboxylic acids is 2. The van der Waals surface area contributed by atoms with E-state index in [4.69, 9.17) is 11.6 Å². The molecule has 8 heteroatoms. The number of nitriles is 1. The summed E-state index contributed by atoms with van der Waals surface area (Å²) in [6.07, 6.45) is 4.36. The van der Waals surface area contributed by atoms with E-state index in [1.165, 1.54) is 11.8 Å². The van der Waals surface area contributed by atoms with Crippen molar-refractivity contribution in [2.75, 3.05) is 17.6 Å². The van der Waals surface area contributed by atoms with Gasteiger partial charge in [0, 0.05) is 28.5 Å². The van der Waals surface area contributed by atoms with E-state index in [0.29, 0.717) is 39.1 Å². The van der Waals surface area contributed by atoms with Crippen molar-refractivity contribution in [3.8, 4) is 6.07 Å². The summed E-state index contributed by atoms with van der Waals surface area (Å²) in [5, 5.41) is 20.4. The molecular formula is C28H31ClN4O2S. The highest BCUT2D eigenvalue weighted by atomic mass is 35.5. The number of nitrogens with one attached hydrogen (secondary N) is 3. The van der Waals surface area contributed by atoms with Gasteiger partial charge >= 0.3 is 0 Å². The third kappa shape index (κ3) is 7.39. The summed E-state index contributed by atoms with van der Waals surface area (Å²) in [6.45, 7) is 4.62. The van der Waals surface area contributed by atoms with Crippen LogP contribution in [0.15, 0.2) is 76.5 Å². The number of allylic oxidation sites excluding steroid dienone is 2. The van der Waals surface area contributed by atoms with Crippen molar-refractivity contribution in [1.29, 1.82) is 5.26 Å². The standard InChI is InChI=1S/C28H31ClN4O2S/c1-3-4-5-9-16-31-24(34)18-36-28-23(17-30)26(20-10-7-6-8-11-20)25(19(2)32-28)27(35)33-22-14-12-21(29)13-15-22/h6-8,10-15,26,32H,3-5,9,16,18H2,1-2H3,(H,31,34)(H,33,35). The van der Waals surface area contributed by atoms with Crippen LogP contribution in [-0.4, -0.2) is 24.1 Å². The lowest BCUT2D eigenvalue weighted by atomic mass is 9.82. The molecule has 0 aliphatic carbocycles. The first-order chi connectivity index (χ1) is 17.4. The Morgan fingerprint density at radius 2 is 1.81 bits per heavy atom. The maximum absolute atomic E-state index is 13.4. The lowest BCUT2D eigenvalue weighted by molar-refractivity contribution is -0.118. The number of thioether (sulfide) groups is 1. The number of dihydropyridines is 1. The first-order valence-electron chi connectivity index (χ1n) is 12.1. The molecule has 6 nitrogen and oxygen atoms in total. The molecule has 1 aliphatic heterocycles. The van der Waals surface area contributed by atoms with Crippen LogP contribution in [0.25, 0.3) is 0 Å². The van der Waals surface area contributed by atoms with E-state index in [1.54, 1.807) is 24.3 Å². The summed E-state index contributed by atoms with van der Waals surface area (Å²) >= 11 is 7.25. The Morgan fingerprint density at radius 1 is 1.08 bits per heavy atom. The molecule has 0 saturated heterocycles. The van der Waals surface area contributed by atoms with Crippen LogP contribution in [0.5, 0.6) is 0 Å². The molecule has 0 fully saturated rings. The molecule has 1 unspecified atom stereocenters. The van der Waals surface area contributed by atoms with E-state index >= 15 is 0 Å². The van der Waals surface area contributed by atoms with Gasteiger partial charge in [0.25, 0.3) is 5.91 Å². The van der Waals surface area contributed by atoms with Gasteiger partial charge < -0.3 is 16.0 Å². The zero-order chi connectivity index (χ0) is 25.9. The van der Waals surface area contributed by atoms with Crippen molar-refractivity contribution in [2.24, 2.45) is 0 Å². The van der Waals surface area contributed by atoms with Crippen LogP contribution in [0.4, 0.5) is 5.69 Å². The fraction of sp³-hybridized carbons (Fsp3) is 0.321. The molecular weight excluding hydrogens is 492 g/mol. The third-order valence-electron chi connectivity index (χ3n) is 5.83. The maximum Gasteiger partial charge on any atom is 0.254 e. The van der Waals surface area contributed by atoms with E-state index in [2.05, 4.69) is 28.9 Å². The van der Waals surface area contributed by atoms with Crippen LogP contribution < -0.4 is 16.0 Å². The number of carbonyl (C=O) groups is 2. The van der Waals surface area contributed by atoms with Crippen LogP contribution in [0.1, 0.15) is 51.0 Å². The van der Waals surface area contributed by atoms with Crippen molar-refractivity contribution >= 4 is 40.9 Å². The second-order valence-electron chi connectivity index (χ2n) is 8.52. The van der Waals surface area contributed by atoms with E-state index in [9.17, 15) is 14.9 Å². The number of hydrogen-bond donors (Lipinski definition) is 3. The van der Waals surface area contributed by atoms with Crippen molar-refractivity contribution < 1.29 is 9.59 Å². The Morgan fingerprint density at radius 3 is 2.47 bits per heavy atom. The Kier molecular flexibility index (Phi) is 10.5. The molecule has 3 rings (SSSR count). The molecule has 0 bridgehead atoms. The summed E-state index contributed by atoms with van der Waals surface area (Å²) in [5.74, 6) is -0.767. The molecule has 36 heavy (non-hydrogen) atoms. The second-order valence-corrected chi connectivity index (χ2v) is 9.94. The zero-order valence-corrected chi connectivity index (χ0v) is 22.1. The van der Waals surface area contributed by atoms with Gasteiger partial charge in [-0.3, -0.25) is 9.59 Å². The van der Waals surface area contributed by atoms with Crippen molar-refractivity contribution in [1.82, 2.24) is 10.6 Å². The lowest BCUT2D eigenvalue weighted by Gasteiger charge is -2.30. The first-order valence-corrected chi connectivity index (χ1v) is 13.4. The monoisotopic (exact) mass is 522 g/mol. The number of amides is 2.